The molecule has 4 N–H and O–H groups in total. The molecular weight excluding hydrogens is 258 g/mol. The molecule has 110 valence electrons. The van der Waals surface area contributed by atoms with Gasteiger partial charge < -0.3 is 25.4 Å². The summed E-state index contributed by atoms with van der Waals surface area (Å²) >= 11 is 0. The van der Waals surface area contributed by atoms with Crippen LogP contribution in [0.4, 0.5) is 4.79 Å². The summed E-state index contributed by atoms with van der Waals surface area (Å²) < 4.78 is 4.92. The molecule has 8 nitrogen and oxygen atoms in total. The third-order valence-corrected chi connectivity index (χ3v) is 2.09. The van der Waals surface area contributed by atoms with Crippen molar-refractivity contribution < 1.29 is 34.4 Å². The van der Waals surface area contributed by atoms with Crippen molar-refractivity contribution in [1.82, 2.24) is 5.32 Å². The molecule has 0 aliphatic carbocycles. The van der Waals surface area contributed by atoms with E-state index >= 15 is 0 Å². The molecule has 1 amide bonds. The summed E-state index contributed by atoms with van der Waals surface area (Å²) in [7, 11) is 0. The van der Waals surface area contributed by atoms with Crippen molar-refractivity contribution in [2.24, 2.45) is 0 Å². The molecule has 0 unspecified atom stereocenters. The van der Waals surface area contributed by atoms with E-state index in [0.29, 0.717) is 0 Å². The van der Waals surface area contributed by atoms with E-state index in [-0.39, 0.29) is 13.0 Å². The Hall–Kier alpha value is -1.83. The van der Waals surface area contributed by atoms with Crippen LogP contribution >= 0.6 is 0 Å². The Morgan fingerprint density at radius 2 is 1.58 bits per heavy atom. The summed E-state index contributed by atoms with van der Waals surface area (Å²) in [5.41, 5.74) is -3.50. The lowest BCUT2D eigenvalue weighted by Gasteiger charge is -2.20. The highest BCUT2D eigenvalue weighted by Gasteiger charge is 2.43. The van der Waals surface area contributed by atoms with Gasteiger partial charge in [-0.25, -0.2) is 14.4 Å². The molecule has 0 radical (unpaired) electrons. The number of aliphatic hydroxyl groups is 1. The normalized spacial score (nSPS) is 11.8. The first-order valence-corrected chi connectivity index (χ1v) is 5.65. The van der Waals surface area contributed by atoms with E-state index in [2.05, 4.69) is 5.32 Å². The van der Waals surface area contributed by atoms with Crippen molar-refractivity contribution in [1.29, 1.82) is 0 Å². The monoisotopic (exact) mass is 277 g/mol. The molecule has 0 heterocycles. The minimum Gasteiger partial charge on any atom is -0.479 e. The maximum atomic E-state index is 11.2. The van der Waals surface area contributed by atoms with Crippen LogP contribution in [0.15, 0.2) is 0 Å². The van der Waals surface area contributed by atoms with E-state index in [1.54, 1.807) is 20.8 Å². The van der Waals surface area contributed by atoms with Gasteiger partial charge in [-0.3, -0.25) is 0 Å². The van der Waals surface area contributed by atoms with Crippen molar-refractivity contribution in [2.75, 3.05) is 6.54 Å². The number of carboxylic acid groups (broad SMARTS) is 2. The SMILES string of the molecule is CC(C)(C)OC(=O)NCCCC(O)(C(=O)O)C(=O)O. The zero-order valence-electron chi connectivity index (χ0n) is 11.1. The van der Waals surface area contributed by atoms with Crippen LogP contribution in [0.5, 0.6) is 0 Å². The number of aliphatic carboxylic acids is 2. The lowest BCUT2D eigenvalue weighted by molar-refractivity contribution is -0.176. The average molecular weight is 277 g/mol. The van der Waals surface area contributed by atoms with Crippen molar-refractivity contribution in [2.45, 2.75) is 44.8 Å². The Labute approximate surface area is 110 Å². The fraction of sp³-hybridized carbons (Fsp3) is 0.727. The number of hydrogen-bond acceptors (Lipinski definition) is 5. The van der Waals surface area contributed by atoms with Gasteiger partial charge in [0.2, 0.25) is 0 Å². The smallest absolute Gasteiger partial charge is 0.407 e. The number of nitrogens with one attached hydrogen (secondary N) is 1. The molecule has 0 saturated heterocycles. The molecule has 0 saturated carbocycles. The van der Waals surface area contributed by atoms with Crippen LogP contribution in [0.3, 0.4) is 0 Å². The van der Waals surface area contributed by atoms with Gasteiger partial charge in [-0.2, -0.15) is 0 Å². The summed E-state index contributed by atoms with van der Waals surface area (Å²) in [6, 6.07) is 0. The van der Waals surface area contributed by atoms with Crippen molar-refractivity contribution in [3.63, 3.8) is 0 Å². The van der Waals surface area contributed by atoms with Gasteiger partial charge in [0.05, 0.1) is 0 Å². The lowest BCUT2D eigenvalue weighted by atomic mass is 9.98. The average Bonchev–Trinajstić information content (AvgIpc) is 2.20. The fourth-order valence-electron chi connectivity index (χ4n) is 1.15. The predicted molar refractivity (Wildman–Crippen MR) is 63.7 cm³/mol. The number of rotatable bonds is 6. The molecule has 0 bridgehead atoms. The first-order valence-electron chi connectivity index (χ1n) is 5.65. The first kappa shape index (κ1) is 17.2. The summed E-state index contributed by atoms with van der Waals surface area (Å²) in [6.07, 6.45) is -1.23. The molecule has 0 aliphatic rings. The van der Waals surface area contributed by atoms with E-state index in [1.807, 2.05) is 0 Å². The molecule has 19 heavy (non-hydrogen) atoms. The number of alkyl carbamates (subject to hydrolysis) is 1. The molecule has 0 rings (SSSR count). The Kier molecular flexibility index (Phi) is 5.76. The van der Waals surface area contributed by atoms with E-state index < -0.39 is 35.7 Å². The van der Waals surface area contributed by atoms with Gasteiger partial charge in [0.1, 0.15) is 5.60 Å². The molecule has 0 aromatic carbocycles. The third kappa shape index (κ3) is 6.05. The number of carbonyl (C=O) groups excluding carboxylic acids is 1. The van der Waals surface area contributed by atoms with E-state index in [0.717, 1.165) is 0 Å². The molecule has 0 aromatic rings. The lowest BCUT2D eigenvalue weighted by Crippen LogP contribution is -2.47. The summed E-state index contributed by atoms with van der Waals surface area (Å²) in [5.74, 6) is -3.67. The van der Waals surface area contributed by atoms with Gasteiger partial charge in [0.25, 0.3) is 5.60 Å². The Balaban J connectivity index is 4.14. The second-order valence-corrected chi connectivity index (χ2v) is 5.00. The summed E-state index contributed by atoms with van der Waals surface area (Å²) in [6.45, 7) is 5.04. The highest BCUT2D eigenvalue weighted by Crippen LogP contribution is 2.13. The van der Waals surface area contributed by atoms with Crippen LogP contribution in [0.2, 0.25) is 0 Å². The van der Waals surface area contributed by atoms with Gasteiger partial charge >= 0.3 is 18.0 Å². The largest absolute Gasteiger partial charge is 0.479 e. The summed E-state index contributed by atoms with van der Waals surface area (Å²) in [4.78, 5) is 32.5. The van der Waals surface area contributed by atoms with Crippen LogP contribution in [0.25, 0.3) is 0 Å². The van der Waals surface area contributed by atoms with Crippen LogP contribution < -0.4 is 5.32 Å². The first-order chi connectivity index (χ1) is 8.49. The molecular formula is C11H19NO7. The molecule has 8 heteroatoms. The molecule has 0 spiro atoms. The summed E-state index contributed by atoms with van der Waals surface area (Å²) in [5, 5.41) is 28.9. The molecule has 0 aromatic heterocycles. The number of carbonyl (C=O) groups is 3. The topological polar surface area (TPSA) is 133 Å². The predicted octanol–water partition coefficient (Wildman–Crippen LogP) is 0.192. The third-order valence-electron chi connectivity index (χ3n) is 2.09. The number of amides is 1. The molecule has 0 aliphatic heterocycles. The van der Waals surface area contributed by atoms with E-state index in [1.165, 1.54) is 0 Å². The van der Waals surface area contributed by atoms with Gasteiger partial charge in [-0.15, -0.1) is 0 Å². The zero-order chi connectivity index (χ0) is 15.3. The van der Waals surface area contributed by atoms with E-state index in [9.17, 15) is 19.5 Å². The van der Waals surface area contributed by atoms with Crippen LogP contribution in [0.1, 0.15) is 33.6 Å². The Bertz CT molecular complexity index is 345. The van der Waals surface area contributed by atoms with Crippen molar-refractivity contribution in [3.8, 4) is 0 Å². The number of ether oxygens (including phenoxy) is 1. The van der Waals surface area contributed by atoms with Crippen LogP contribution in [-0.4, -0.2) is 51.1 Å². The second-order valence-electron chi connectivity index (χ2n) is 5.00. The highest BCUT2D eigenvalue weighted by molar-refractivity contribution is 6.01. The van der Waals surface area contributed by atoms with Gasteiger partial charge in [0.15, 0.2) is 0 Å². The minimum atomic E-state index is -2.84. The Morgan fingerprint density at radius 1 is 1.11 bits per heavy atom. The van der Waals surface area contributed by atoms with E-state index in [4.69, 9.17) is 14.9 Å². The maximum Gasteiger partial charge on any atom is 0.407 e. The second kappa shape index (κ2) is 6.37. The maximum absolute atomic E-state index is 11.2. The zero-order valence-corrected chi connectivity index (χ0v) is 11.1. The van der Waals surface area contributed by atoms with Gasteiger partial charge in [0, 0.05) is 6.54 Å². The minimum absolute atomic E-state index is 0.00220. The van der Waals surface area contributed by atoms with Crippen LogP contribution in [-0.2, 0) is 14.3 Å². The molecule has 0 atom stereocenters. The van der Waals surface area contributed by atoms with Crippen molar-refractivity contribution in [3.05, 3.63) is 0 Å². The van der Waals surface area contributed by atoms with Crippen LogP contribution in [0, 0.1) is 0 Å². The standard InChI is InChI=1S/C11H19NO7/c1-10(2,3)19-9(17)12-6-4-5-11(18,7(13)14)8(15)16/h18H,4-6H2,1-3H3,(H,12,17)(H,13,14)(H,15,16). The van der Waals surface area contributed by atoms with Crippen molar-refractivity contribution >= 4 is 18.0 Å². The fourth-order valence-corrected chi connectivity index (χ4v) is 1.15. The van der Waals surface area contributed by atoms with Gasteiger partial charge in [-0.05, 0) is 33.6 Å². The quantitative estimate of drug-likeness (QED) is 0.402. The highest BCUT2D eigenvalue weighted by atomic mass is 16.6. The molecule has 0 fully saturated rings. The number of hydrogen-bond donors (Lipinski definition) is 4. The van der Waals surface area contributed by atoms with Gasteiger partial charge in [-0.1, -0.05) is 0 Å². The Morgan fingerprint density at radius 3 is 1.95 bits per heavy atom. The number of carboxylic acids is 2.